The standard InChI is InChI=1S/C64H36N10/c1-38-70-39(2)72-64(71-38)46-33-62(73-58-29-40(47-15-7-5-13-44(47)35-65)21-25-51(58)53-27-23-42(31-60(53)73)49-17-9-11-19-56(49)68-3)55(37-67)63(34-46)74-59-30-41(48-16-8-6-14-45(48)36-66)22-26-52(59)54-28-24-43(32-61(54)74)50-18-10-12-20-57(50)69-4/h5-34H,1-2H3. The summed E-state index contributed by atoms with van der Waals surface area (Å²) >= 11 is 0. The van der Waals surface area contributed by atoms with Crippen molar-refractivity contribution in [3.8, 4) is 85.5 Å². The molecule has 0 saturated carbocycles. The molecule has 0 atom stereocenters. The van der Waals surface area contributed by atoms with Crippen molar-refractivity contribution in [2.75, 3.05) is 0 Å². The molecule has 3 heterocycles. The van der Waals surface area contributed by atoms with Crippen LogP contribution >= 0.6 is 0 Å². The van der Waals surface area contributed by atoms with Gasteiger partial charge in [-0.2, -0.15) is 15.8 Å². The van der Waals surface area contributed by atoms with Crippen LogP contribution in [0, 0.1) is 61.0 Å². The van der Waals surface area contributed by atoms with Gasteiger partial charge < -0.3 is 9.13 Å². The van der Waals surface area contributed by atoms with E-state index in [4.69, 9.17) is 23.1 Å². The molecular weight excluding hydrogens is 909 g/mol. The summed E-state index contributed by atoms with van der Waals surface area (Å²) in [5.41, 5.74) is 13.5. The minimum atomic E-state index is 0.332. The summed E-state index contributed by atoms with van der Waals surface area (Å²) in [7, 11) is 0. The Bertz CT molecular complexity index is 4090. The van der Waals surface area contributed by atoms with Gasteiger partial charge in [0.15, 0.2) is 17.2 Å². The Labute approximate surface area is 425 Å². The van der Waals surface area contributed by atoms with Crippen LogP contribution in [-0.4, -0.2) is 24.1 Å². The lowest BCUT2D eigenvalue weighted by molar-refractivity contribution is 0.927. The van der Waals surface area contributed by atoms with Gasteiger partial charge in [0, 0.05) is 27.1 Å². The minimum Gasteiger partial charge on any atom is -0.308 e. The number of nitrogens with zero attached hydrogens (tertiary/aromatic N) is 10. The van der Waals surface area contributed by atoms with Crippen LogP contribution in [0.4, 0.5) is 11.4 Å². The summed E-state index contributed by atoms with van der Waals surface area (Å²) in [6.07, 6.45) is 0. The lowest BCUT2D eigenvalue weighted by atomic mass is 9.98. The molecule has 10 heteroatoms. The zero-order chi connectivity index (χ0) is 50.6. The summed E-state index contributed by atoms with van der Waals surface area (Å²) in [4.78, 5) is 22.1. The second-order valence-corrected chi connectivity index (χ2v) is 17.9. The van der Waals surface area contributed by atoms with Gasteiger partial charge in [-0.15, -0.1) is 0 Å². The summed E-state index contributed by atoms with van der Waals surface area (Å²) in [6, 6.07) is 66.1. The molecule has 0 N–H and O–H groups in total. The number of hydrogen-bond donors (Lipinski definition) is 0. The Kier molecular flexibility index (Phi) is 10.6. The highest BCUT2D eigenvalue weighted by Gasteiger charge is 2.25. The van der Waals surface area contributed by atoms with Crippen LogP contribution < -0.4 is 0 Å². The molecule has 0 aliphatic rings. The van der Waals surface area contributed by atoms with E-state index in [1.54, 1.807) is 12.1 Å². The SMILES string of the molecule is [C-]#[N+]c1ccccc1-c1ccc2c3ccc(-c4ccccc4C#N)cc3n(-c3cc(-c4nc(C)nc(C)n4)cc(-n4c5cc(-c6ccccc6C#N)ccc5c5ccc(-c6ccccc6[N+]#[C-])cc54)c3C#N)c2c1. The number of fused-ring (bicyclic) bond motifs is 6. The van der Waals surface area contributed by atoms with Crippen LogP contribution in [0.5, 0.6) is 0 Å². The number of aryl methyl sites for hydroxylation is 2. The van der Waals surface area contributed by atoms with Crippen LogP contribution in [0.25, 0.3) is 121 Å². The zero-order valence-electron chi connectivity index (χ0n) is 39.8. The molecular formula is C64H36N10. The average molecular weight is 945 g/mol. The maximum absolute atomic E-state index is 12.0. The van der Waals surface area contributed by atoms with Gasteiger partial charge >= 0.3 is 0 Å². The van der Waals surface area contributed by atoms with Crippen LogP contribution in [-0.2, 0) is 0 Å². The van der Waals surface area contributed by atoms with Crippen molar-refractivity contribution >= 4 is 55.0 Å². The fraction of sp³-hybridized carbons (Fsp3) is 0.0312. The van der Waals surface area contributed by atoms with E-state index in [0.29, 0.717) is 62.5 Å². The molecule has 342 valence electrons. The van der Waals surface area contributed by atoms with Crippen molar-refractivity contribution in [1.29, 1.82) is 15.8 Å². The monoisotopic (exact) mass is 944 g/mol. The number of rotatable bonds is 7. The first-order chi connectivity index (χ1) is 36.3. The molecule has 74 heavy (non-hydrogen) atoms. The van der Waals surface area contributed by atoms with Gasteiger partial charge in [0.1, 0.15) is 23.3 Å². The Morgan fingerprint density at radius 1 is 0.392 bits per heavy atom. The van der Waals surface area contributed by atoms with E-state index in [2.05, 4.69) is 90.5 Å². The topological polar surface area (TPSA) is 129 Å². The molecule has 0 saturated heterocycles. The molecule has 0 aliphatic heterocycles. The Balaban J connectivity index is 1.26. The van der Waals surface area contributed by atoms with Gasteiger partial charge in [0.25, 0.3) is 0 Å². The van der Waals surface area contributed by atoms with E-state index in [1.807, 2.05) is 135 Å². The van der Waals surface area contributed by atoms with Crippen molar-refractivity contribution in [2.45, 2.75) is 13.8 Å². The molecule has 0 fully saturated rings. The largest absolute Gasteiger partial charge is 0.308 e. The molecule has 0 amide bonds. The Hall–Kier alpha value is -11.0. The Morgan fingerprint density at radius 2 is 0.743 bits per heavy atom. The first-order valence-corrected chi connectivity index (χ1v) is 23.7. The quantitative estimate of drug-likeness (QED) is 0.146. The van der Waals surface area contributed by atoms with E-state index < -0.39 is 0 Å². The van der Waals surface area contributed by atoms with Crippen LogP contribution in [0.3, 0.4) is 0 Å². The number of nitriles is 3. The molecule has 3 aromatic heterocycles. The third kappa shape index (κ3) is 7.18. The second kappa shape index (κ2) is 17.8. The van der Waals surface area contributed by atoms with Crippen molar-refractivity contribution in [2.24, 2.45) is 0 Å². The fourth-order valence-corrected chi connectivity index (χ4v) is 10.5. The first-order valence-electron chi connectivity index (χ1n) is 23.7. The number of para-hydroxylation sites is 2. The molecule has 0 bridgehead atoms. The number of aromatic nitrogens is 5. The van der Waals surface area contributed by atoms with Gasteiger partial charge in [-0.25, -0.2) is 24.6 Å². The molecule has 0 aliphatic carbocycles. The maximum atomic E-state index is 12.0. The normalized spacial score (nSPS) is 11.0. The van der Waals surface area contributed by atoms with Crippen LogP contribution in [0.1, 0.15) is 28.3 Å². The summed E-state index contributed by atoms with van der Waals surface area (Å²) in [5, 5.41) is 36.2. The molecule has 0 unspecified atom stereocenters. The molecule has 12 aromatic rings. The van der Waals surface area contributed by atoms with Crippen molar-refractivity contribution in [1.82, 2.24) is 24.1 Å². The van der Waals surface area contributed by atoms with Crippen molar-refractivity contribution < 1.29 is 0 Å². The Morgan fingerprint density at radius 3 is 1.11 bits per heavy atom. The highest BCUT2D eigenvalue weighted by Crippen LogP contribution is 2.44. The second-order valence-electron chi connectivity index (χ2n) is 17.9. The van der Waals surface area contributed by atoms with E-state index in [-0.39, 0.29) is 0 Å². The van der Waals surface area contributed by atoms with Crippen LogP contribution in [0.2, 0.25) is 0 Å². The summed E-state index contributed by atoms with van der Waals surface area (Å²) in [6.45, 7) is 19.8. The molecule has 12 rings (SSSR count). The van der Waals surface area contributed by atoms with Gasteiger partial charge in [-0.1, -0.05) is 133 Å². The fourth-order valence-electron chi connectivity index (χ4n) is 10.5. The van der Waals surface area contributed by atoms with E-state index in [9.17, 15) is 15.8 Å². The number of hydrogen-bond acceptors (Lipinski definition) is 6. The molecule has 0 radical (unpaired) electrons. The minimum absolute atomic E-state index is 0.332. The lowest BCUT2D eigenvalue weighted by Gasteiger charge is -2.19. The van der Waals surface area contributed by atoms with Gasteiger partial charge in [-0.05, 0) is 107 Å². The summed E-state index contributed by atoms with van der Waals surface area (Å²) in [5.74, 6) is 1.47. The first kappa shape index (κ1) is 44.3. The average Bonchev–Trinajstić information content (AvgIpc) is 3.96. The van der Waals surface area contributed by atoms with E-state index >= 15 is 0 Å². The van der Waals surface area contributed by atoms with E-state index in [0.717, 1.165) is 88.1 Å². The number of benzene rings is 9. The maximum Gasteiger partial charge on any atom is 0.194 e. The van der Waals surface area contributed by atoms with E-state index in [1.165, 1.54) is 0 Å². The zero-order valence-corrected chi connectivity index (χ0v) is 39.8. The highest BCUT2D eigenvalue weighted by atomic mass is 15.0. The van der Waals surface area contributed by atoms with Gasteiger partial charge in [0.05, 0.1) is 69.9 Å². The smallest absolute Gasteiger partial charge is 0.194 e. The lowest BCUT2D eigenvalue weighted by Crippen LogP contribution is -2.07. The predicted molar refractivity (Wildman–Crippen MR) is 292 cm³/mol. The van der Waals surface area contributed by atoms with Crippen LogP contribution in [0.15, 0.2) is 182 Å². The summed E-state index contributed by atoms with van der Waals surface area (Å²) < 4.78 is 4.22. The highest BCUT2D eigenvalue weighted by molar-refractivity contribution is 6.14. The van der Waals surface area contributed by atoms with Crippen molar-refractivity contribution in [3.63, 3.8) is 0 Å². The van der Waals surface area contributed by atoms with Crippen molar-refractivity contribution in [3.05, 3.63) is 233 Å². The molecule has 10 nitrogen and oxygen atoms in total. The predicted octanol–water partition coefficient (Wildman–Crippen LogP) is 15.7. The third-order valence-corrected chi connectivity index (χ3v) is 13.7. The molecule has 9 aromatic carbocycles. The van der Waals surface area contributed by atoms with Gasteiger partial charge in [-0.3, -0.25) is 0 Å². The molecule has 0 spiro atoms. The third-order valence-electron chi connectivity index (χ3n) is 13.7. The van der Waals surface area contributed by atoms with Gasteiger partial charge in [0.2, 0.25) is 0 Å².